The van der Waals surface area contributed by atoms with Crippen LogP contribution >= 0.6 is 0 Å². The van der Waals surface area contributed by atoms with E-state index in [4.69, 9.17) is 0 Å². The summed E-state index contributed by atoms with van der Waals surface area (Å²) in [6.07, 6.45) is 9.33. The van der Waals surface area contributed by atoms with Crippen LogP contribution in [0.5, 0.6) is 0 Å². The number of benzene rings is 1. The molecule has 1 aromatic heterocycles. The largest absolute Gasteiger partial charge is 0.370 e. The Bertz CT molecular complexity index is 900. The number of carbonyl (C=O) groups is 1. The summed E-state index contributed by atoms with van der Waals surface area (Å²) in [5.74, 6) is -0.0809. The predicted octanol–water partition coefficient (Wildman–Crippen LogP) is 3.53. The van der Waals surface area contributed by atoms with Crippen molar-refractivity contribution in [2.45, 2.75) is 39.2 Å². The Morgan fingerprint density at radius 3 is 2.71 bits per heavy atom. The molecule has 0 atom stereocenters. The van der Waals surface area contributed by atoms with Crippen molar-refractivity contribution in [1.29, 1.82) is 0 Å². The van der Waals surface area contributed by atoms with Gasteiger partial charge in [-0.2, -0.15) is 0 Å². The van der Waals surface area contributed by atoms with Gasteiger partial charge in [-0.1, -0.05) is 6.07 Å². The second-order valence-corrected chi connectivity index (χ2v) is 7.70. The third kappa shape index (κ3) is 3.81. The molecule has 28 heavy (non-hydrogen) atoms. The van der Waals surface area contributed by atoms with Crippen LogP contribution in [0.3, 0.4) is 0 Å². The summed E-state index contributed by atoms with van der Waals surface area (Å²) in [5, 5.41) is 2.97. The highest BCUT2D eigenvalue weighted by Gasteiger charge is 2.20. The van der Waals surface area contributed by atoms with Gasteiger partial charge in [-0.3, -0.25) is 9.78 Å². The molecule has 146 valence electrons. The molecule has 0 spiro atoms. The molecular formula is C22H27N5O. The standard InChI is InChI=1S/C22H27N5O/c1-15(2)25-22(28)20-14-24-26-21-7-6-16(11-19(20)21)17-10-18(13-23-12-17)27-8-4-3-5-9-27/h6-7,10-15,24,26H,3-5,8-9H2,1-2H3,(H,25,28). The fourth-order valence-corrected chi connectivity index (χ4v) is 3.76. The molecule has 1 saturated heterocycles. The van der Waals surface area contributed by atoms with Gasteiger partial charge in [0.25, 0.3) is 5.91 Å². The van der Waals surface area contributed by atoms with Gasteiger partial charge in [0.05, 0.1) is 23.1 Å². The van der Waals surface area contributed by atoms with Crippen LogP contribution in [0, 0.1) is 0 Å². The number of fused-ring (bicyclic) bond motifs is 1. The summed E-state index contributed by atoms with van der Waals surface area (Å²) in [6.45, 7) is 6.10. The molecule has 0 bridgehead atoms. The minimum Gasteiger partial charge on any atom is -0.370 e. The molecule has 0 aliphatic carbocycles. The first-order valence-electron chi connectivity index (χ1n) is 9.99. The highest BCUT2D eigenvalue weighted by Crippen LogP contribution is 2.32. The number of pyridine rings is 1. The Labute approximate surface area is 166 Å². The van der Waals surface area contributed by atoms with E-state index in [9.17, 15) is 4.79 Å². The number of nitrogens with zero attached hydrogens (tertiary/aromatic N) is 2. The molecule has 6 heteroatoms. The molecule has 6 nitrogen and oxygen atoms in total. The Morgan fingerprint density at radius 2 is 1.93 bits per heavy atom. The number of rotatable bonds is 4. The SMILES string of the molecule is CC(C)NC(=O)C1=CNNc2ccc(-c3cncc(N4CCCCC4)c3)cc21. The molecule has 1 amide bonds. The summed E-state index contributed by atoms with van der Waals surface area (Å²) < 4.78 is 0. The summed E-state index contributed by atoms with van der Waals surface area (Å²) in [5.41, 5.74) is 11.8. The quantitative estimate of drug-likeness (QED) is 0.760. The number of hydrazine groups is 1. The smallest absolute Gasteiger partial charge is 0.253 e. The lowest BCUT2D eigenvalue weighted by molar-refractivity contribution is -0.116. The van der Waals surface area contributed by atoms with Gasteiger partial charge in [-0.15, -0.1) is 0 Å². The van der Waals surface area contributed by atoms with Crippen LogP contribution in [-0.2, 0) is 4.79 Å². The second-order valence-electron chi connectivity index (χ2n) is 7.70. The maximum absolute atomic E-state index is 12.6. The van der Waals surface area contributed by atoms with Crippen molar-refractivity contribution in [2.24, 2.45) is 0 Å². The van der Waals surface area contributed by atoms with Crippen LogP contribution in [0.25, 0.3) is 16.7 Å². The van der Waals surface area contributed by atoms with E-state index in [1.165, 1.54) is 24.9 Å². The summed E-state index contributed by atoms with van der Waals surface area (Å²) in [6, 6.07) is 8.41. The number of nitrogens with one attached hydrogen (secondary N) is 3. The van der Waals surface area contributed by atoms with Crippen molar-refractivity contribution in [3.63, 3.8) is 0 Å². The first-order valence-corrected chi connectivity index (χ1v) is 9.99. The molecule has 3 heterocycles. The van der Waals surface area contributed by atoms with Crippen molar-refractivity contribution in [3.8, 4) is 11.1 Å². The molecule has 0 radical (unpaired) electrons. The van der Waals surface area contributed by atoms with E-state index in [1.807, 2.05) is 32.3 Å². The lowest BCUT2D eigenvalue weighted by Crippen LogP contribution is -2.33. The van der Waals surface area contributed by atoms with Crippen LogP contribution in [0.4, 0.5) is 11.4 Å². The Kier molecular flexibility index (Phi) is 5.19. The third-order valence-corrected chi connectivity index (χ3v) is 5.18. The molecule has 2 aliphatic heterocycles. The maximum atomic E-state index is 12.6. The fraction of sp³-hybridized carbons (Fsp3) is 0.364. The number of carbonyl (C=O) groups excluding carboxylic acids is 1. The van der Waals surface area contributed by atoms with E-state index in [0.29, 0.717) is 5.57 Å². The number of aromatic nitrogens is 1. The Hall–Kier alpha value is -3.02. The van der Waals surface area contributed by atoms with E-state index in [-0.39, 0.29) is 11.9 Å². The van der Waals surface area contributed by atoms with E-state index < -0.39 is 0 Å². The summed E-state index contributed by atoms with van der Waals surface area (Å²) in [7, 11) is 0. The van der Waals surface area contributed by atoms with E-state index in [2.05, 4.69) is 44.3 Å². The third-order valence-electron chi connectivity index (χ3n) is 5.18. The van der Waals surface area contributed by atoms with Gasteiger partial charge < -0.3 is 21.1 Å². The first-order chi connectivity index (χ1) is 13.6. The first kappa shape index (κ1) is 18.3. The number of amides is 1. The van der Waals surface area contributed by atoms with Gasteiger partial charge in [-0.05, 0) is 56.9 Å². The van der Waals surface area contributed by atoms with Gasteiger partial charge >= 0.3 is 0 Å². The van der Waals surface area contributed by atoms with Crippen molar-refractivity contribution in [1.82, 2.24) is 15.7 Å². The molecule has 1 fully saturated rings. The molecule has 0 unspecified atom stereocenters. The highest BCUT2D eigenvalue weighted by molar-refractivity contribution is 6.21. The summed E-state index contributed by atoms with van der Waals surface area (Å²) in [4.78, 5) is 19.5. The lowest BCUT2D eigenvalue weighted by atomic mass is 9.97. The fourth-order valence-electron chi connectivity index (χ4n) is 3.76. The van der Waals surface area contributed by atoms with Gasteiger partial charge in [0.15, 0.2) is 0 Å². The minimum absolute atomic E-state index is 0.0809. The topological polar surface area (TPSA) is 69.3 Å². The molecule has 4 rings (SSSR count). The zero-order valence-corrected chi connectivity index (χ0v) is 16.5. The van der Waals surface area contributed by atoms with Gasteiger partial charge in [-0.25, -0.2) is 0 Å². The average Bonchev–Trinajstić information content (AvgIpc) is 2.73. The molecular weight excluding hydrogens is 350 g/mol. The zero-order chi connectivity index (χ0) is 19.5. The minimum atomic E-state index is -0.0809. The molecule has 3 N–H and O–H groups in total. The van der Waals surface area contributed by atoms with Gasteiger partial charge in [0.2, 0.25) is 0 Å². The van der Waals surface area contributed by atoms with Crippen molar-refractivity contribution >= 4 is 22.9 Å². The van der Waals surface area contributed by atoms with Gasteiger partial charge in [0, 0.05) is 42.7 Å². The number of anilines is 2. The monoisotopic (exact) mass is 377 g/mol. The predicted molar refractivity (Wildman–Crippen MR) is 114 cm³/mol. The normalized spacial score (nSPS) is 16.0. The van der Waals surface area contributed by atoms with Crippen molar-refractivity contribution in [3.05, 3.63) is 48.4 Å². The van der Waals surface area contributed by atoms with Crippen LogP contribution in [0.2, 0.25) is 0 Å². The number of hydrogen-bond donors (Lipinski definition) is 3. The van der Waals surface area contributed by atoms with Crippen LogP contribution < -0.4 is 21.1 Å². The average molecular weight is 377 g/mol. The van der Waals surface area contributed by atoms with Crippen LogP contribution in [0.1, 0.15) is 38.7 Å². The summed E-state index contributed by atoms with van der Waals surface area (Å²) >= 11 is 0. The van der Waals surface area contributed by atoms with Crippen LogP contribution in [0.15, 0.2) is 42.9 Å². The van der Waals surface area contributed by atoms with Crippen molar-refractivity contribution in [2.75, 3.05) is 23.4 Å². The van der Waals surface area contributed by atoms with E-state index in [0.717, 1.165) is 35.5 Å². The lowest BCUT2D eigenvalue weighted by Gasteiger charge is -2.28. The van der Waals surface area contributed by atoms with E-state index >= 15 is 0 Å². The number of piperidine rings is 1. The van der Waals surface area contributed by atoms with E-state index in [1.54, 1.807) is 6.20 Å². The zero-order valence-electron chi connectivity index (χ0n) is 16.5. The number of hydrogen-bond acceptors (Lipinski definition) is 5. The van der Waals surface area contributed by atoms with Gasteiger partial charge in [0.1, 0.15) is 0 Å². The second kappa shape index (κ2) is 7.92. The Morgan fingerprint density at radius 1 is 1.11 bits per heavy atom. The molecule has 1 aromatic carbocycles. The van der Waals surface area contributed by atoms with Crippen LogP contribution in [-0.4, -0.2) is 30.0 Å². The molecule has 0 saturated carbocycles. The highest BCUT2D eigenvalue weighted by atomic mass is 16.1. The Balaban J connectivity index is 1.66. The van der Waals surface area contributed by atoms with Crippen molar-refractivity contribution < 1.29 is 4.79 Å². The maximum Gasteiger partial charge on any atom is 0.253 e. The molecule has 2 aromatic rings. The molecule has 2 aliphatic rings.